The molecular formula is C37H42O5. The van der Waals surface area contributed by atoms with E-state index in [0.717, 1.165) is 22.3 Å². The van der Waals surface area contributed by atoms with Crippen LogP contribution in [-0.2, 0) is 45.4 Å². The summed E-state index contributed by atoms with van der Waals surface area (Å²) in [6.07, 6.45) is -1.29. The van der Waals surface area contributed by atoms with E-state index in [-0.39, 0.29) is 5.92 Å². The zero-order valence-electron chi connectivity index (χ0n) is 24.3. The number of aliphatic hydroxyl groups is 1. The van der Waals surface area contributed by atoms with Crippen LogP contribution in [0.4, 0.5) is 0 Å². The molecule has 0 heterocycles. The Labute approximate surface area is 250 Å². The maximum absolute atomic E-state index is 11.2. The van der Waals surface area contributed by atoms with Crippen LogP contribution in [0.15, 0.2) is 134 Å². The van der Waals surface area contributed by atoms with E-state index in [2.05, 4.69) is 13.5 Å². The molecule has 42 heavy (non-hydrogen) atoms. The molecule has 0 amide bonds. The average Bonchev–Trinajstić information content (AvgIpc) is 3.05. The first kappa shape index (κ1) is 31.4. The van der Waals surface area contributed by atoms with Gasteiger partial charge in [0.05, 0.1) is 39.1 Å². The number of rotatable bonds is 18. The van der Waals surface area contributed by atoms with Crippen molar-refractivity contribution in [2.45, 2.75) is 57.8 Å². The van der Waals surface area contributed by atoms with Crippen LogP contribution in [0.3, 0.4) is 0 Å². The van der Waals surface area contributed by atoms with Crippen LogP contribution in [0.5, 0.6) is 0 Å². The predicted molar refractivity (Wildman–Crippen MR) is 167 cm³/mol. The van der Waals surface area contributed by atoms with Gasteiger partial charge in [0, 0.05) is 5.92 Å². The summed E-state index contributed by atoms with van der Waals surface area (Å²) in [5.41, 5.74) is 4.18. The lowest BCUT2D eigenvalue weighted by atomic mass is 9.93. The minimum absolute atomic E-state index is 0.0851. The van der Waals surface area contributed by atoms with Gasteiger partial charge in [-0.2, -0.15) is 0 Å². The summed E-state index contributed by atoms with van der Waals surface area (Å²) in [5.74, 6) is -0.0851. The highest BCUT2D eigenvalue weighted by Gasteiger charge is 2.39. The lowest BCUT2D eigenvalue weighted by Gasteiger charge is -2.38. The van der Waals surface area contributed by atoms with Gasteiger partial charge in [-0.05, 0) is 22.3 Å². The molecule has 0 bridgehead atoms. The van der Waals surface area contributed by atoms with Crippen LogP contribution >= 0.6 is 0 Å². The zero-order valence-corrected chi connectivity index (χ0v) is 24.3. The van der Waals surface area contributed by atoms with E-state index >= 15 is 0 Å². The highest BCUT2D eigenvalue weighted by atomic mass is 16.6. The molecular weight excluding hydrogens is 524 g/mol. The number of ether oxygens (including phenoxy) is 4. The predicted octanol–water partition coefficient (Wildman–Crippen LogP) is 7.14. The van der Waals surface area contributed by atoms with Gasteiger partial charge in [-0.1, -0.05) is 134 Å². The first-order valence-corrected chi connectivity index (χ1v) is 14.5. The Morgan fingerprint density at radius 1 is 0.548 bits per heavy atom. The van der Waals surface area contributed by atoms with Crippen LogP contribution in [0.2, 0.25) is 0 Å². The lowest BCUT2D eigenvalue weighted by molar-refractivity contribution is -0.187. The third-order valence-corrected chi connectivity index (χ3v) is 7.13. The van der Waals surface area contributed by atoms with Crippen molar-refractivity contribution < 1.29 is 24.1 Å². The lowest BCUT2D eigenvalue weighted by Crippen LogP contribution is -2.51. The van der Waals surface area contributed by atoms with Gasteiger partial charge >= 0.3 is 0 Å². The van der Waals surface area contributed by atoms with Crippen molar-refractivity contribution in [3.05, 3.63) is 156 Å². The Bertz CT molecular complexity index is 1270. The highest BCUT2D eigenvalue weighted by molar-refractivity contribution is 5.16. The summed E-state index contributed by atoms with van der Waals surface area (Å²) >= 11 is 0. The van der Waals surface area contributed by atoms with Crippen molar-refractivity contribution in [3.63, 3.8) is 0 Å². The maximum atomic E-state index is 11.2. The van der Waals surface area contributed by atoms with Gasteiger partial charge in [0.15, 0.2) is 0 Å². The van der Waals surface area contributed by atoms with Crippen molar-refractivity contribution in [2.75, 3.05) is 6.61 Å². The van der Waals surface area contributed by atoms with Crippen LogP contribution in [0, 0.1) is 5.92 Å². The SMILES string of the molecule is C=CC(O)C(OCc1ccccc1)C(OCc1ccccc1)C(OCc1ccccc1)C(C)COCc1ccccc1. The van der Waals surface area contributed by atoms with Crippen molar-refractivity contribution >= 4 is 0 Å². The van der Waals surface area contributed by atoms with Crippen molar-refractivity contribution in [1.82, 2.24) is 0 Å². The summed E-state index contributed by atoms with van der Waals surface area (Å²) in [7, 11) is 0. The molecule has 0 aliphatic carbocycles. The van der Waals surface area contributed by atoms with E-state index in [0.29, 0.717) is 33.0 Å². The molecule has 0 fully saturated rings. The first-order chi connectivity index (χ1) is 20.6. The molecule has 5 unspecified atom stereocenters. The third-order valence-electron chi connectivity index (χ3n) is 7.13. The van der Waals surface area contributed by atoms with Gasteiger partial charge in [-0.3, -0.25) is 0 Å². The molecule has 220 valence electrons. The van der Waals surface area contributed by atoms with Crippen LogP contribution < -0.4 is 0 Å². The Hall–Kier alpha value is -3.58. The van der Waals surface area contributed by atoms with Gasteiger partial charge in [0.1, 0.15) is 18.3 Å². The van der Waals surface area contributed by atoms with Gasteiger partial charge in [0.25, 0.3) is 0 Å². The number of hydrogen-bond donors (Lipinski definition) is 1. The maximum Gasteiger partial charge on any atom is 0.116 e. The Morgan fingerprint density at radius 3 is 1.31 bits per heavy atom. The fourth-order valence-electron chi connectivity index (χ4n) is 4.81. The Kier molecular flexibility index (Phi) is 13.0. The number of aliphatic hydroxyl groups excluding tert-OH is 1. The summed E-state index contributed by atoms with van der Waals surface area (Å²) in [4.78, 5) is 0. The third kappa shape index (κ3) is 10.1. The molecule has 5 nitrogen and oxygen atoms in total. The van der Waals surface area contributed by atoms with Gasteiger partial charge in [-0.25, -0.2) is 0 Å². The molecule has 0 radical (unpaired) electrons. The number of hydrogen-bond acceptors (Lipinski definition) is 5. The minimum atomic E-state index is -0.977. The molecule has 0 aromatic heterocycles. The number of benzene rings is 4. The normalized spacial score (nSPS) is 14.9. The fourth-order valence-corrected chi connectivity index (χ4v) is 4.81. The van der Waals surface area contributed by atoms with Crippen molar-refractivity contribution in [1.29, 1.82) is 0 Å². The standard InChI is InChI=1S/C37H42O5/c1-3-34(38)36(41-27-32-20-12-6-13-21-32)37(42-28-33-22-14-7-15-23-33)35(40-26-31-18-10-5-11-19-31)29(2)24-39-25-30-16-8-4-9-17-30/h3-23,29,34-38H,1,24-28H2,2H3. The summed E-state index contributed by atoms with van der Waals surface area (Å²) < 4.78 is 25.9. The van der Waals surface area contributed by atoms with E-state index in [9.17, 15) is 5.11 Å². The molecule has 5 heteroatoms. The zero-order chi connectivity index (χ0) is 29.4. The van der Waals surface area contributed by atoms with Crippen LogP contribution in [0.1, 0.15) is 29.2 Å². The average molecular weight is 567 g/mol. The Morgan fingerprint density at radius 2 is 0.905 bits per heavy atom. The molecule has 4 aromatic carbocycles. The molecule has 0 saturated carbocycles. The molecule has 1 N–H and O–H groups in total. The first-order valence-electron chi connectivity index (χ1n) is 14.5. The van der Waals surface area contributed by atoms with E-state index in [1.807, 2.05) is 121 Å². The topological polar surface area (TPSA) is 57.2 Å². The summed E-state index contributed by atoms with van der Waals surface area (Å²) in [6, 6.07) is 40.1. The molecule has 5 atom stereocenters. The van der Waals surface area contributed by atoms with E-state index in [1.165, 1.54) is 6.08 Å². The minimum Gasteiger partial charge on any atom is -0.386 e. The second kappa shape index (κ2) is 17.4. The van der Waals surface area contributed by atoms with Crippen molar-refractivity contribution in [2.24, 2.45) is 5.92 Å². The van der Waals surface area contributed by atoms with Crippen molar-refractivity contribution in [3.8, 4) is 0 Å². The van der Waals surface area contributed by atoms with Crippen LogP contribution in [0.25, 0.3) is 0 Å². The van der Waals surface area contributed by atoms with Gasteiger partial charge in [0.2, 0.25) is 0 Å². The molecule has 0 aliphatic rings. The molecule has 4 aromatic rings. The molecule has 0 aliphatic heterocycles. The quantitative estimate of drug-likeness (QED) is 0.130. The molecule has 0 spiro atoms. The van der Waals surface area contributed by atoms with Gasteiger partial charge in [-0.15, -0.1) is 6.58 Å². The molecule has 4 rings (SSSR count). The monoisotopic (exact) mass is 566 g/mol. The summed E-state index contributed by atoms with van der Waals surface area (Å²) in [6.45, 7) is 7.93. The van der Waals surface area contributed by atoms with E-state index < -0.39 is 24.4 Å². The Balaban J connectivity index is 1.59. The second-order valence-corrected chi connectivity index (χ2v) is 10.5. The second-order valence-electron chi connectivity index (χ2n) is 10.5. The fraction of sp³-hybridized carbons (Fsp3) is 0.297. The van der Waals surface area contributed by atoms with Gasteiger partial charge < -0.3 is 24.1 Å². The smallest absolute Gasteiger partial charge is 0.116 e. The summed E-state index contributed by atoms with van der Waals surface area (Å²) in [5, 5.41) is 11.2. The van der Waals surface area contributed by atoms with E-state index in [4.69, 9.17) is 18.9 Å². The highest BCUT2D eigenvalue weighted by Crippen LogP contribution is 2.26. The largest absolute Gasteiger partial charge is 0.386 e. The molecule has 0 saturated heterocycles. The van der Waals surface area contributed by atoms with Crippen LogP contribution in [-0.4, -0.2) is 36.1 Å². The van der Waals surface area contributed by atoms with E-state index in [1.54, 1.807) is 0 Å².